The predicted molar refractivity (Wildman–Crippen MR) is 84.7 cm³/mol. The Bertz CT molecular complexity index is 370. The zero-order valence-electron chi connectivity index (χ0n) is 12.5. The highest BCUT2D eigenvalue weighted by molar-refractivity contribution is 5.79. The van der Waals surface area contributed by atoms with E-state index in [-0.39, 0.29) is 0 Å². The minimum absolute atomic E-state index is 0.472. The molecule has 1 unspecified atom stereocenters. The fourth-order valence-electron chi connectivity index (χ4n) is 2.38. The fourth-order valence-corrected chi connectivity index (χ4v) is 2.38. The van der Waals surface area contributed by atoms with E-state index >= 15 is 0 Å². The third-order valence-electron chi connectivity index (χ3n) is 3.27. The lowest BCUT2D eigenvalue weighted by molar-refractivity contribution is -0.121. The van der Waals surface area contributed by atoms with E-state index in [4.69, 9.17) is 4.79 Å². The molecule has 1 fully saturated rings. The predicted octanol–water partition coefficient (Wildman–Crippen LogP) is 4.39. The molecule has 1 aromatic carbocycles. The quantitative estimate of drug-likeness (QED) is 0.766. The lowest BCUT2D eigenvalue weighted by Gasteiger charge is -2.20. The van der Waals surface area contributed by atoms with Gasteiger partial charge in [0, 0.05) is 12.8 Å². The number of hydrogen-bond donors (Lipinski definition) is 0. The number of aryl methyl sites for hydroxylation is 1. The van der Waals surface area contributed by atoms with Crippen LogP contribution in [-0.4, -0.2) is 12.6 Å². The van der Waals surface area contributed by atoms with Gasteiger partial charge in [0.25, 0.3) is 0 Å². The van der Waals surface area contributed by atoms with Crippen LogP contribution >= 0.6 is 0 Å². The molecule has 2 heteroatoms. The zero-order valence-corrected chi connectivity index (χ0v) is 12.5. The Hall–Kier alpha value is -1.70. The smallest absolute Gasteiger partial charge is 0.133 e. The van der Waals surface area contributed by atoms with Crippen molar-refractivity contribution in [2.75, 3.05) is 0 Å². The molecule has 2 nitrogen and oxygen atoms in total. The minimum atomic E-state index is 0.472. The van der Waals surface area contributed by atoms with Crippen LogP contribution in [0.2, 0.25) is 0 Å². The summed E-state index contributed by atoms with van der Waals surface area (Å²) in [6, 6.07) is 10.6. The van der Waals surface area contributed by atoms with Gasteiger partial charge in [0.15, 0.2) is 0 Å². The van der Waals surface area contributed by atoms with Crippen LogP contribution in [0.15, 0.2) is 43.0 Å². The number of ketones is 1. The Morgan fingerprint density at radius 3 is 2.40 bits per heavy atom. The average Bonchev–Trinajstić information content (AvgIpc) is 2.49. The van der Waals surface area contributed by atoms with Gasteiger partial charge in [0.05, 0.1) is 0 Å². The van der Waals surface area contributed by atoms with E-state index in [0.717, 1.165) is 25.7 Å². The van der Waals surface area contributed by atoms with Gasteiger partial charge in [-0.25, -0.2) is 0 Å². The molecular formula is C18H26O2. The maximum absolute atomic E-state index is 11.3. The molecule has 1 aliphatic rings. The number of Topliss-reactive ketones (excluding diaryl/α,β-unsaturated/α-hetero) is 1. The highest BCUT2D eigenvalue weighted by atomic mass is 16.1. The van der Waals surface area contributed by atoms with E-state index in [2.05, 4.69) is 30.8 Å². The first-order valence-electron chi connectivity index (χ1n) is 7.17. The molecule has 0 amide bonds. The summed E-state index contributed by atoms with van der Waals surface area (Å²) >= 11 is 0. The van der Waals surface area contributed by atoms with Gasteiger partial charge in [-0.1, -0.05) is 36.4 Å². The Morgan fingerprint density at radius 1 is 1.25 bits per heavy atom. The minimum Gasteiger partial charge on any atom is -0.307 e. The molecule has 1 aromatic rings. The van der Waals surface area contributed by atoms with E-state index in [1.54, 1.807) is 6.08 Å². The summed E-state index contributed by atoms with van der Waals surface area (Å²) in [5.74, 6) is 1.12. The average molecular weight is 274 g/mol. The van der Waals surface area contributed by atoms with Crippen molar-refractivity contribution < 1.29 is 9.59 Å². The summed E-state index contributed by atoms with van der Waals surface area (Å²) in [5.41, 5.74) is 1.40. The van der Waals surface area contributed by atoms with Crippen LogP contribution in [0.1, 0.15) is 44.6 Å². The molecule has 0 aromatic heterocycles. The van der Waals surface area contributed by atoms with Crippen molar-refractivity contribution in [1.82, 2.24) is 0 Å². The maximum Gasteiger partial charge on any atom is 0.133 e. The second kappa shape index (κ2) is 12.3. The fraction of sp³-hybridized carbons (Fsp3) is 0.444. The van der Waals surface area contributed by atoms with Gasteiger partial charge in [-0.2, -0.15) is 0 Å². The highest BCUT2D eigenvalue weighted by Crippen LogP contribution is 2.25. The molecule has 0 saturated heterocycles. The van der Waals surface area contributed by atoms with Crippen LogP contribution in [0.25, 0.3) is 0 Å². The number of allylic oxidation sites excluding steroid dienone is 1. The number of rotatable bonds is 3. The molecule has 1 saturated carbocycles. The Morgan fingerprint density at radius 2 is 1.85 bits per heavy atom. The van der Waals surface area contributed by atoms with Gasteiger partial charge in [-0.15, -0.1) is 6.58 Å². The molecule has 0 heterocycles. The molecule has 0 aliphatic heterocycles. The van der Waals surface area contributed by atoms with E-state index in [9.17, 15) is 4.79 Å². The molecule has 0 radical (unpaired) electrons. The lowest BCUT2D eigenvalue weighted by Crippen LogP contribution is -2.15. The van der Waals surface area contributed by atoms with Crippen molar-refractivity contribution in [2.24, 2.45) is 5.92 Å². The van der Waals surface area contributed by atoms with Gasteiger partial charge in [0.2, 0.25) is 0 Å². The Labute approximate surface area is 122 Å². The molecule has 1 atom stereocenters. The molecular weight excluding hydrogens is 248 g/mol. The molecule has 1 aliphatic carbocycles. The van der Waals surface area contributed by atoms with Crippen LogP contribution in [-0.2, 0) is 16.0 Å². The van der Waals surface area contributed by atoms with Crippen molar-refractivity contribution in [3.05, 3.63) is 48.6 Å². The van der Waals surface area contributed by atoms with Crippen molar-refractivity contribution in [2.45, 2.75) is 45.4 Å². The van der Waals surface area contributed by atoms with Gasteiger partial charge < -0.3 is 4.79 Å². The summed E-state index contributed by atoms with van der Waals surface area (Å²) < 4.78 is 0. The summed E-state index contributed by atoms with van der Waals surface area (Å²) in [5, 5.41) is 0. The topological polar surface area (TPSA) is 34.1 Å². The molecule has 0 bridgehead atoms. The normalized spacial score (nSPS) is 17.1. The second-order valence-electron chi connectivity index (χ2n) is 4.93. The number of carbonyl (C=O) groups excluding carboxylic acids is 2. The van der Waals surface area contributed by atoms with E-state index in [1.165, 1.54) is 18.4 Å². The van der Waals surface area contributed by atoms with Gasteiger partial charge in [-0.05, 0) is 44.1 Å². The first kappa shape index (κ1) is 18.3. The largest absolute Gasteiger partial charge is 0.307 e. The zero-order chi connectivity index (χ0) is 15.2. The van der Waals surface area contributed by atoms with Gasteiger partial charge in [-0.3, -0.25) is 4.79 Å². The van der Waals surface area contributed by atoms with Crippen LogP contribution in [0, 0.1) is 5.92 Å². The first-order chi connectivity index (χ1) is 9.76. The second-order valence-corrected chi connectivity index (χ2v) is 4.93. The molecule has 110 valence electrons. The highest BCUT2D eigenvalue weighted by Gasteiger charge is 2.18. The lowest BCUT2D eigenvalue weighted by atomic mass is 9.84. The van der Waals surface area contributed by atoms with Crippen molar-refractivity contribution in [1.29, 1.82) is 0 Å². The molecule has 2 rings (SSSR count). The molecule has 0 N–H and O–H groups in total. The Kier molecular flexibility index (Phi) is 11.3. The number of carbonyl (C=O) groups is 2. The Balaban J connectivity index is 0.000000641. The van der Waals surface area contributed by atoms with Crippen LogP contribution in [0.3, 0.4) is 0 Å². The van der Waals surface area contributed by atoms with Gasteiger partial charge in [0.1, 0.15) is 12.6 Å². The monoisotopic (exact) mass is 274 g/mol. The third-order valence-corrected chi connectivity index (χ3v) is 3.27. The van der Waals surface area contributed by atoms with E-state index in [0.29, 0.717) is 11.7 Å². The van der Waals surface area contributed by atoms with Crippen molar-refractivity contribution in [3.8, 4) is 0 Å². The molecule has 0 spiro atoms. The third kappa shape index (κ3) is 8.41. The van der Waals surface area contributed by atoms with Crippen LogP contribution < -0.4 is 0 Å². The summed E-state index contributed by atoms with van der Waals surface area (Å²) in [7, 11) is 0. The van der Waals surface area contributed by atoms with Crippen LogP contribution in [0.5, 0.6) is 0 Å². The van der Waals surface area contributed by atoms with Crippen LogP contribution in [0.4, 0.5) is 0 Å². The summed E-state index contributed by atoms with van der Waals surface area (Å²) in [4.78, 5) is 19.3. The number of hydrogen-bond acceptors (Lipinski definition) is 2. The van der Waals surface area contributed by atoms with E-state index in [1.807, 2.05) is 19.8 Å². The number of benzene rings is 1. The maximum atomic E-state index is 11.3. The van der Waals surface area contributed by atoms with E-state index < -0.39 is 0 Å². The SMILES string of the molecule is C=CC.C=O.O=C1CCCC(CCc2ccccc2)C1. The first-order valence-corrected chi connectivity index (χ1v) is 7.17. The van der Waals surface area contributed by atoms with Crippen molar-refractivity contribution in [3.63, 3.8) is 0 Å². The van der Waals surface area contributed by atoms with Crippen molar-refractivity contribution >= 4 is 12.6 Å². The van der Waals surface area contributed by atoms with Gasteiger partial charge >= 0.3 is 0 Å². The molecule has 20 heavy (non-hydrogen) atoms. The standard InChI is InChI=1S/C14H18O.C3H6.CH2O/c15-14-8-4-7-13(11-14)10-9-12-5-2-1-3-6-12;1-3-2;1-2/h1-3,5-6,13H,4,7-11H2;3H,1H2,2H3;1H2. The summed E-state index contributed by atoms with van der Waals surface area (Å²) in [6.07, 6.45) is 8.06. The summed E-state index contributed by atoms with van der Waals surface area (Å²) in [6.45, 7) is 7.25.